The molecule has 164 valence electrons. The van der Waals surface area contributed by atoms with Crippen molar-refractivity contribution in [1.82, 2.24) is 10.2 Å². The maximum absolute atomic E-state index is 12.9. The molecular weight excluding hydrogens is 441 g/mol. The molecule has 1 fully saturated rings. The molecule has 0 bridgehead atoms. The lowest BCUT2D eigenvalue weighted by Gasteiger charge is -2.25. The lowest BCUT2D eigenvalue weighted by atomic mass is 10.0. The number of hydrogen-bond donors (Lipinski definition) is 2. The number of halogens is 2. The number of rotatable bonds is 7. The average molecular weight is 464 g/mol. The van der Waals surface area contributed by atoms with Crippen molar-refractivity contribution in [2.45, 2.75) is 38.0 Å². The largest absolute Gasteiger partial charge is 0.445 e. The molecule has 2 atom stereocenters. The van der Waals surface area contributed by atoms with Crippen molar-refractivity contribution in [3.8, 4) is 0 Å². The molecule has 0 radical (unpaired) electrons. The fraction of sp³-hybridized carbons (Fsp3) is 0.318. The smallest absolute Gasteiger partial charge is 0.410 e. The van der Waals surface area contributed by atoms with Gasteiger partial charge in [-0.3, -0.25) is 14.5 Å². The summed E-state index contributed by atoms with van der Waals surface area (Å²) in [6.45, 7) is 0.503. The van der Waals surface area contributed by atoms with E-state index in [0.717, 1.165) is 5.56 Å². The lowest BCUT2D eigenvalue weighted by molar-refractivity contribution is -0.130. The van der Waals surface area contributed by atoms with E-state index in [2.05, 4.69) is 5.32 Å². The van der Waals surface area contributed by atoms with E-state index in [0.29, 0.717) is 35.0 Å². The van der Waals surface area contributed by atoms with Crippen LogP contribution in [-0.2, 0) is 27.4 Å². The minimum Gasteiger partial charge on any atom is -0.445 e. The summed E-state index contributed by atoms with van der Waals surface area (Å²) in [6.07, 6.45) is 0.581. The molecule has 1 heterocycles. The molecule has 0 aromatic heterocycles. The van der Waals surface area contributed by atoms with Crippen molar-refractivity contribution in [3.05, 3.63) is 69.7 Å². The molecule has 3 rings (SSSR count). The topological polar surface area (TPSA) is 102 Å². The molecule has 1 aliphatic heterocycles. The van der Waals surface area contributed by atoms with Crippen LogP contribution in [0.1, 0.15) is 24.0 Å². The molecule has 31 heavy (non-hydrogen) atoms. The van der Waals surface area contributed by atoms with Crippen LogP contribution in [0.15, 0.2) is 48.5 Å². The Balaban J connectivity index is 1.64. The highest BCUT2D eigenvalue weighted by Crippen LogP contribution is 2.26. The molecule has 2 aromatic carbocycles. The Hall–Kier alpha value is -2.77. The lowest BCUT2D eigenvalue weighted by Crippen LogP contribution is -2.53. The first kappa shape index (κ1) is 22.9. The van der Waals surface area contributed by atoms with Crippen LogP contribution in [0.3, 0.4) is 0 Å². The molecule has 9 heteroatoms. The molecule has 1 saturated heterocycles. The normalized spacial score (nSPS) is 16.6. The van der Waals surface area contributed by atoms with Gasteiger partial charge in [0.05, 0.1) is 0 Å². The van der Waals surface area contributed by atoms with Gasteiger partial charge in [0.1, 0.15) is 18.7 Å². The van der Waals surface area contributed by atoms with Gasteiger partial charge in [-0.25, -0.2) is 4.79 Å². The van der Waals surface area contributed by atoms with Crippen LogP contribution < -0.4 is 11.1 Å². The number of benzene rings is 2. The first-order chi connectivity index (χ1) is 14.9. The summed E-state index contributed by atoms with van der Waals surface area (Å²) in [7, 11) is 0. The molecule has 3 amide bonds. The monoisotopic (exact) mass is 463 g/mol. The standard InChI is InChI=1S/C22H23Cl2N3O4/c23-16-8-4-9-17(24)15(16)12-18(20(25)28)26-21(29)19-10-5-11-27(19)22(30)31-13-14-6-2-1-3-7-14/h1-4,6-9,18-19H,5,10-13H2,(H2,25,28)(H,26,29)/t18-,19+/m0/s1. The fourth-order valence-electron chi connectivity index (χ4n) is 3.48. The number of primary amides is 1. The number of carbonyl (C=O) groups excluding carboxylic acids is 3. The van der Waals surface area contributed by atoms with Crippen molar-refractivity contribution in [2.75, 3.05) is 6.54 Å². The molecule has 7 nitrogen and oxygen atoms in total. The van der Waals surface area contributed by atoms with Gasteiger partial charge in [0.15, 0.2) is 0 Å². The molecule has 0 aliphatic carbocycles. The van der Waals surface area contributed by atoms with E-state index >= 15 is 0 Å². The molecule has 2 aromatic rings. The van der Waals surface area contributed by atoms with Crippen LogP contribution >= 0.6 is 23.2 Å². The van der Waals surface area contributed by atoms with Crippen molar-refractivity contribution >= 4 is 41.1 Å². The van der Waals surface area contributed by atoms with Crippen molar-refractivity contribution < 1.29 is 19.1 Å². The molecule has 0 spiro atoms. The zero-order valence-electron chi connectivity index (χ0n) is 16.7. The van der Waals surface area contributed by atoms with Gasteiger partial charge in [0, 0.05) is 23.0 Å². The second-order valence-electron chi connectivity index (χ2n) is 7.26. The zero-order chi connectivity index (χ0) is 22.4. The van der Waals surface area contributed by atoms with Gasteiger partial charge in [-0.15, -0.1) is 0 Å². The second kappa shape index (κ2) is 10.5. The first-order valence-electron chi connectivity index (χ1n) is 9.86. The Labute approximate surface area is 190 Å². The van der Waals surface area contributed by atoms with E-state index in [1.165, 1.54) is 4.90 Å². The number of likely N-dealkylation sites (tertiary alicyclic amines) is 1. The van der Waals surface area contributed by atoms with E-state index < -0.39 is 30.0 Å². The number of amides is 3. The van der Waals surface area contributed by atoms with Gasteiger partial charge < -0.3 is 15.8 Å². The number of ether oxygens (including phenoxy) is 1. The fourth-order valence-corrected chi connectivity index (χ4v) is 4.03. The molecular formula is C22H23Cl2N3O4. The average Bonchev–Trinajstić information content (AvgIpc) is 3.24. The van der Waals surface area contributed by atoms with Crippen LogP contribution in [0, 0.1) is 0 Å². The van der Waals surface area contributed by atoms with Crippen molar-refractivity contribution in [2.24, 2.45) is 5.73 Å². The zero-order valence-corrected chi connectivity index (χ0v) is 18.2. The van der Waals surface area contributed by atoms with Crippen molar-refractivity contribution in [1.29, 1.82) is 0 Å². The summed E-state index contributed by atoms with van der Waals surface area (Å²) in [5, 5.41) is 3.39. The predicted molar refractivity (Wildman–Crippen MR) is 118 cm³/mol. The van der Waals surface area contributed by atoms with Crippen LogP contribution in [0.2, 0.25) is 10.0 Å². The molecule has 0 unspecified atom stereocenters. The highest BCUT2D eigenvalue weighted by atomic mass is 35.5. The minimum absolute atomic E-state index is 0.0464. The summed E-state index contributed by atoms with van der Waals surface area (Å²) in [4.78, 5) is 38.7. The third-order valence-corrected chi connectivity index (χ3v) is 5.83. The Morgan fingerprint density at radius 2 is 1.77 bits per heavy atom. The maximum atomic E-state index is 12.9. The van der Waals surface area contributed by atoms with E-state index in [9.17, 15) is 14.4 Å². The van der Waals surface area contributed by atoms with Crippen molar-refractivity contribution in [3.63, 3.8) is 0 Å². The minimum atomic E-state index is -1.02. The predicted octanol–water partition coefficient (Wildman–Crippen LogP) is 3.31. The number of nitrogens with zero attached hydrogens (tertiary/aromatic N) is 1. The molecule has 3 N–H and O–H groups in total. The second-order valence-corrected chi connectivity index (χ2v) is 8.07. The summed E-state index contributed by atoms with van der Waals surface area (Å²) in [6, 6.07) is 12.5. The van der Waals surface area contributed by atoms with Gasteiger partial charge in [0.25, 0.3) is 0 Å². The third kappa shape index (κ3) is 5.89. The Kier molecular flexibility index (Phi) is 7.76. The quantitative estimate of drug-likeness (QED) is 0.657. The summed E-state index contributed by atoms with van der Waals surface area (Å²) < 4.78 is 5.35. The summed E-state index contributed by atoms with van der Waals surface area (Å²) in [5.41, 5.74) is 6.86. The number of nitrogens with one attached hydrogen (secondary N) is 1. The SMILES string of the molecule is NC(=O)[C@H](Cc1c(Cl)cccc1Cl)NC(=O)[C@H]1CCCN1C(=O)OCc1ccccc1. The van der Waals surface area contributed by atoms with Crippen LogP contribution in [0.4, 0.5) is 4.79 Å². The van der Waals surface area contributed by atoms with Gasteiger partial charge in [-0.2, -0.15) is 0 Å². The van der Waals surface area contributed by atoms with E-state index in [1.54, 1.807) is 18.2 Å². The number of hydrogen-bond acceptors (Lipinski definition) is 4. The first-order valence-corrected chi connectivity index (χ1v) is 10.6. The van der Waals surface area contributed by atoms with E-state index in [4.69, 9.17) is 33.7 Å². The van der Waals surface area contributed by atoms with E-state index in [1.807, 2.05) is 30.3 Å². The number of carbonyl (C=O) groups is 3. The Morgan fingerprint density at radius 1 is 1.10 bits per heavy atom. The highest BCUT2D eigenvalue weighted by Gasteiger charge is 2.36. The molecule has 1 aliphatic rings. The summed E-state index contributed by atoms with van der Waals surface area (Å²) >= 11 is 12.3. The highest BCUT2D eigenvalue weighted by molar-refractivity contribution is 6.36. The third-order valence-electron chi connectivity index (χ3n) is 5.12. The van der Waals surface area contributed by atoms with Crippen LogP contribution in [0.5, 0.6) is 0 Å². The van der Waals surface area contributed by atoms with Crippen LogP contribution in [-0.4, -0.2) is 41.4 Å². The van der Waals surface area contributed by atoms with Gasteiger partial charge >= 0.3 is 6.09 Å². The van der Waals surface area contributed by atoms with Gasteiger partial charge in [0.2, 0.25) is 11.8 Å². The summed E-state index contributed by atoms with van der Waals surface area (Å²) in [5.74, 6) is -1.19. The maximum Gasteiger partial charge on any atom is 0.410 e. The molecule has 0 saturated carbocycles. The van der Waals surface area contributed by atoms with Gasteiger partial charge in [-0.1, -0.05) is 59.6 Å². The van der Waals surface area contributed by atoms with E-state index in [-0.39, 0.29) is 13.0 Å². The van der Waals surface area contributed by atoms with Crippen LogP contribution in [0.25, 0.3) is 0 Å². The number of nitrogens with two attached hydrogens (primary N) is 1. The van der Waals surface area contributed by atoms with Gasteiger partial charge in [-0.05, 0) is 36.1 Å². The Morgan fingerprint density at radius 3 is 2.42 bits per heavy atom. The Bertz CT molecular complexity index is 935.